The lowest BCUT2D eigenvalue weighted by Crippen LogP contribution is -2.39. The molecule has 0 unspecified atom stereocenters. The van der Waals surface area contributed by atoms with Gasteiger partial charge in [-0.25, -0.2) is 9.79 Å². The SMILES string of the molecule is CCOc1cc([C@H]2C(C(=O)OC)=C(C)N=c3sc(=Cc4cc(OCC)c(OC)cc4Br)c(=O)n32)ccc1O. The molecule has 0 amide bonds. The summed E-state index contributed by atoms with van der Waals surface area (Å²) >= 11 is 4.76. The van der Waals surface area contributed by atoms with Crippen molar-refractivity contribution in [3.63, 3.8) is 0 Å². The average Bonchev–Trinajstić information content (AvgIpc) is 3.20. The van der Waals surface area contributed by atoms with Crippen molar-refractivity contribution in [2.24, 2.45) is 4.99 Å². The number of allylic oxidation sites excluding steroid dienone is 1. The van der Waals surface area contributed by atoms with Crippen molar-refractivity contribution in [1.82, 2.24) is 4.57 Å². The Morgan fingerprint density at radius 2 is 1.84 bits per heavy atom. The number of phenols is 1. The Labute approximate surface area is 231 Å². The fourth-order valence-electron chi connectivity index (χ4n) is 4.21. The number of carbonyl (C=O) groups is 1. The molecule has 0 saturated carbocycles. The van der Waals surface area contributed by atoms with Crippen LogP contribution >= 0.6 is 27.3 Å². The van der Waals surface area contributed by atoms with Gasteiger partial charge in [0, 0.05) is 4.47 Å². The van der Waals surface area contributed by atoms with Gasteiger partial charge in [0.2, 0.25) is 0 Å². The van der Waals surface area contributed by atoms with E-state index in [0.29, 0.717) is 55.3 Å². The molecule has 1 N–H and O–H groups in total. The Kier molecular flexibility index (Phi) is 8.27. The minimum absolute atomic E-state index is 0.0437. The Morgan fingerprint density at radius 3 is 2.50 bits per heavy atom. The molecule has 11 heteroatoms. The van der Waals surface area contributed by atoms with Gasteiger partial charge < -0.3 is 24.1 Å². The highest BCUT2D eigenvalue weighted by Crippen LogP contribution is 2.36. The van der Waals surface area contributed by atoms with Crippen molar-refractivity contribution in [2.75, 3.05) is 27.4 Å². The highest BCUT2D eigenvalue weighted by Gasteiger charge is 2.33. The number of halogens is 1. The Morgan fingerprint density at radius 1 is 1.13 bits per heavy atom. The molecule has 1 aromatic heterocycles. The molecular weight excluding hydrogens is 576 g/mol. The molecule has 0 aliphatic carbocycles. The van der Waals surface area contributed by atoms with E-state index in [0.717, 1.165) is 0 Å². The molecule has 1 aliphatic rings. The van der Waals surface area contributed by atoms with Gasteiger partial charge in [0.25, 0.3) is 5.56 Å². The lowest BCUT2D eigenvalue weighted by Gasteiger charge is -2.24. The fourth-order valence-corrected chi connectivity index (χ4v) is 5.68. The number of ether oxygens (including phenoxy) is 4. The van der Waals surface area contributed by atoms with Crippen LogP contribution in [0.2, 0.25) is 0 Å². The van der Waals surface area contributed by atoms with Gasteiger partial charge in [0.05, 0.1) is 49.3 Å². The van der Waals surface area contributed by atoms with Crippen molar-refractivity contribution in [3.8, 4) is 23.0 Å². The normalized spacial score (nSPS) is 15.1. The number of rotatable bonds is 8. The van der Waals surface area contributed by atoms with Crippen molar-refractivity contribution in [3.05, 3.63) is 76.9 Å². The first-order valence-electron chi connectivity index (χ1n) is 11.8. The minimum atomic E-state index is -0.834. The molecular formula is C27H27BrN2O7S. The van der Waals surface area contributed by atoms with E-state index >= 15 is 0 Å². The Bertz CT molecular complexity index is 1610. The Hall–Kier alpha value is -3.57. The van der Waals surface area contributed by atoms with Crippen LogP contribution in [0.1, 0.15) is 37.9 Å². The summed E-state index contributed by atoms with van der Waals surface area (Å²) in [6.07, 6.45) is 1.74. The van der Waals surface area contributed by atoms with Crippen LogP contribution in [0.3, 0.4) is 0 Å². The second kappa shape index (κ2) is 11.4. The number of benzene rings is 2. The van der Waals surface area contributed by atoms with Crippen molar-refractivity contribution in [1.29, 1.82) is 0 Å². The van der Waals surface area contributed by atoms with Crippen molar-refractivity contribution >= 4 is 39.3 Å². The minimum Gasteiger partial charge on any atom is -0.504 e. The van der Waals surface area contributed by atoms with Crippen LogP contribution in [-0.4, -0.2) is 43.1 Å². The zero-order valence-corrected chi connectivity index (χ0v) is 23.9. The molecule has 2 heterocycles. The molecule has 0 fully saturated rings. The van der Waals surface area contributed by atoms with Crippen LogP contribution in [0.15, 0.2) is 55.9 Å². The fraction of sp³-hybridized carbons (Fsp3) is 0.296. The molecule has 3 aromatic rings. The van der Waals surface area contributed by atoms with Crippen molar-refractivity contribution < 1.29 is 28.8 Å². The topological polar surface area (TPSA) is 109 Å². The lowest BCUT2D eigenvalue weighted by molar-refractivity contribution is -0.136. The van der Waals surface area contributed by atoms with Gasteiger partial charge >= 0.3 is 5.97 Å². The monoisotopic (exact) mass is 602 g/mol. The predicted octanol–water partition coefficient (Wildman–Crippen LogP) is 3.68. The third-order valence-corrected chi connectivity index (χ3v) is 7.57. The highest BCUT2D eigenvalue weighted by atomic mass is 79.9. The number of hydrogen-bond donors (Lipinski definition) is 1. The second-order valence-electron chi connectivity index (χ2n) is 8.19. The van der Waals surface area contributed by atoms with Gasteiger partial charge in [0.15, 0.2) is 27.8 Å². The van der Waals surface area contributed by atoms with E-state index in [2.05, 4.69) is 20.9 Å². The smallest absolute Gasteiger partial charge is 0.338 e. The average molecular weight is 603 g/mol. The number of esters is 1. The summed E-state index contributed by atoms with van der Waals surface area (Å²) in [5.41, 5.74) is 1.61. The van der Waals surface area contributed by atoms with E-state index in [1.165, 1.54) is 29.1 Å². The molecule has 200 valence electrons. The maximum Gasteiger partial charge on any atom is 0.338 e. The number of methoxy groups -OCH3 is 2. The number of hydrogen-bond acceptors (Lipinski definition) is 9. The van der Waals surface area contributed by atoms with E-state index in [1.54, 1.807) is 51.3 Å². The first kappa shape index (κ1) is 27.5. The molecule has 0 saturated heterocycles. The molecule has 0 radical (unpaired) electrons. The van der Waals surface area contributed by atoms with Crippen LogP contribution in [0.25, 0.3) is 6.08 Å². The zero-order valence-electron chi connectivity index (χ0n) is 21.5. The summed E-state index contributed by atoms with van der Waals surface area (Å²) in [7, 11) is 2.84. The van der Waals surface area contributed by atoms with Crippen LogP contribution < -0.4 is 29.1 Å². The van der Waals surface area contributed by atoms with E-state index in [4.69, 9.17) is 18.9 Å². The predicted molar refractivity (Wildman–Crippen MR) is 147 cm³/mol. The number of aromatic nitrogens is 1. The third-order valence-electron chi connectivity index (χ3n) is 5.90. The van der Waals surface area contributed by atoms with Gasteiger partial charge in [-0.2, -0.15) is 0 Å². The molecule has 38 heavy (non-hydrogen) atoms. The third kappa shape index (κ3) is 5.08. The number of aromatic hydroxyl groups is 1. The largest absolute Gasteiger partial charge is 0.504 e. The van der Waals surface area contributed by atoms with Gasteiger partial charge in [0.1, 0.15) is 0 Å². The molecule has 2 aromatic carbocycles. The number of fused-ring (bicyclic) bond motifs is 1. The highest BCUT2D eigenvalue weighted by molar-refractivity contribution is 9.10. The van der Waals surface area contributed by atoms with Gasteiger partial charge in [-0.3, -0.25) is 9.36 Å². The van der Waals surface area contributed by atoms with Gasteiger partial charge in [-0.1, -0.05) is 33.3 Å². The second-order valence-corrected chi connectivity index (χ2v) is 10.1. The van der Waals surface area contributed by atoms with Crippen LogP contribution in [0.4, 0.5) is 0 Å². The number of nitrogens with zero attached hydrogens (tertiary/aromatic N) is 2. The van der Waals surface area contributed by atoms with Crippen molar-refractivity contribution in [2.45, 2.75) is 26.8 Å². The van der Waals surface area contributed by atoms with Gasteiger partial charge in [-0.15, -0.1) is 0 Å². The summed E-state index contributed by atoms with van der Waals surface area (Å²) in [6, 6.07) is 7.49. The first-order chi connectivity index (χ1) is 18.2. The maximum atomic E-state index is 13.8. The lowest BCUT2D eigenvalue weighted by atomic mass is 9.95. The summed E-state index contributed by atoms with van der Waals surface area (Å²) in [5.74, 6) is 0.713. The van der Waals surface area contributed by atoms with Gasteiger partial charge in [-0.05, 0) is 62.2 Å². The first-order valence-corrected chi connectivity index (χ1v) is 13.4. The van der Waals surface area contributed by atoms with Crippen LogP contribution in [0, 0.1) is 0 Å². The molecule has 1 aliphatic heterocycles. The van der Waals surface area contributed by atoms with Crippen LogP contribution in [0.5, 0.6) is 23.0 Å². The molecule has 1 atom stereocenters. The Balaban J connectivity index is 1.96. The van der Waals surface area contributed by atoms with E-state index in [-0.39, 0.29) is 22.6 Å². The molecule has 9 nitrogen and oxygen atoms in total. The summed E-state index contributed by atoms with van der Waals surface area (Å²) in [6.45, 7) is 6.16. The quantitative estimate of drug-likeness (QED) is 0.392. The number of phenolic OH excluding ortho intramolecular Hbond substituents is 1. The van der Waals surface area contributed by atoms with Crippen LogP contribution in [-0.2, 0) is 9.53 Å². The van der Waals surface area contributed by atoms with E-state index in [9.17, 15) is 14.7 Å². The standard InChI is InChI=1S/C27H27BrN2O7S/c1-6-36-19-10-15(8-9-18(19)31)24-23(26(33)35-5)14(3)29-27-30(24)25(32)22(38-27)12-16-11-21(37-7-2)20(34-4)13-17(16)28/h8-13,24,31H,6-7H2,1-5H3/t24-/m0/s1. The zero-order chi connectivity index (χ0) is 27.6. The summed E-state index contributed by atoms with van der Waals surface area (Å²) < 4.78 is 24.3. The van der Waals surface area contributed by atoms with E-state index < -0.39 is 12.0 Å². The summed E-state index contributed by atoms with van der Waals surface area (Å²) in [4.78, 5) is 31.7. The molecule has 0 bridgehead atoms. The number of thiazole rings is 1. The number of carbonyl (C=O) groups excluding carboxylic acids is 1. The molecule has 0 spiro atoms. The maximum absolute atomic E-state index is 13.8. The van der Waals surface area contributed by atoms with E-state index in [1.807, 2.05) is 6.92 Å². The molecule has 4 rings (SSSR count). The summed E-state index contributed by atoms with van der Waals surface area (Å²) in [5, 5.41) is 10.2.